The predicted molar refractivity (Wildman–Crippen MR) is 91.7 cm³/mol. The van der Waals surface area contributed by atoms with Crippen molar-refractivity contribution in [1.82, 2.24) is 19.8 Å². The van der Waals surface area contributed by atoms with Crippen LogP contribution in [-0.4, -0.2) is 52.2 Å². The minimum Gasteiger partial charge on any atom is -0.376 e. The van der Waals surface area contributed by atoms with Crippen LogP contribution >= 0.6 is 0 Å². The average molecular weight is 343 g/mol. The van der Waals surface area contributed by atoms with Gasteiger partial charge in [0.05, 0.1) is 25.9 Å². The summed E-state index contributed by atoms with van der Waals surface area (Å²) in [6.45, 7) is 8.43. The molecule has 132 valence electrons. The van der Waals surface area contributed by atoms with Gasteiger partial charge >= 0.3 is 0 Å². The molecule has 3 aromatic heterocycles. The molecule has 0 aliphatic carbocycles. The van der Waals surface area contributed by atoms with Gasteiger partial charge in [-0.05, 0) is 20.8 Å². The number of nitrogens with one attached hydrogen (secondary N) is 1. The molecule has 8 nitrogen and oxygen atoms in total. The third kappa shape index (κ3) is 3.10. The third-order valence-corrected chi connectivity index (χ3v) is 4.36. The molecule has 8 heteroatoms. The number of aryl methyl sites for hydroxylation is 2. The number of nitrogens with zero attached hydrogens (tertiary/aromatic N) is 4. The first-order valence-electron chi connectivity index (χ1n) is 8.35. The van der Waals surface area contributed by atoms with Crippen molar-refractivity contribution >= 4 is 11.5 Å². The molecule has 4 rings (SSSR count). The minimum atomic E-state index is 0.0323. The highest BCUT2D eigenvalue weighted by atomic mass is 16.6. The molecule has 1 fully saturated rings. The molecule has 4 heterocycles. The topological polar surface area (TPSA) is 86.7 Å². The van der Waals surface area contributed by atoms with Crippen molar-refractivity contribution in [2.45, 2.75) is 26.9 Å². The summed E-state index contributed by atoms with van der Waals surface area (Å²) in [5.74, 6) is 1.66. The standard InChI is InChI=1S/C17H21N5O3/c1-10-6-15(21-25-10)14-7-16-19-12(3)11(2)17(22(16)20-14)18-8-13-9-23-4-5-24-13/h6-7,13,18H,4-5,8-9H2,1-3H3/t13-/m0/s1. The molecule has 1 aliphatic rings. The van der Waals surface area contributed by atoms with Crippen LogP contribution in [0.25, 0.3) is 17.0 Å². The summed E-state index contributed by atoms with van der Waals surface area (Å²) in [5, 5.41) is 12.1. The molecule has 0 bridgehead atoms. The Balaban J connectivity index is 1.68. The van der Waals surface area contributed by atoms with E-state index in [0.717, 1.165) is 34.2 Å². The van der Waals surface area contributed by atoms with Gasteiger partial charge in [-0.2, -0.15) is 9.61 Å². The average Bonchev–Trinajstić information content (AvgIpc) is 3.22. The monoisotopic (exact) mass is 343 g/mol. The quantitative estimate of drug-likeness (QED) is 0.776. The first kappa shape index (κ1) is 16.0. The Bertz CT molecular complexity index is 895. The summed E-state index contributed by atoms with van der Waals surface area (Å²) in [6.07, 6.45) is 0.0323. The van der Waals surface area contributed by atoms with Crippen LogP contribution in [0.3, 0.4) is 0 Å². The highest BCUT2D eigenvalue weighted by molar-refractivity contribution is 5.64. The number of fused-ring (bicyclic) bond motifs is 1. The SMILES string of the molecule is Cc1cc(-c2cc3nc(C)c(C)c(NC[C@H]4COCCO4)n3n2)no1. The summed E-state index contributed by atoms with van der Waals surface area (Å²) in [5.41, 5.74) is 4.21. The zero-order valence-electron chi connectivity index (χ0n) is 14.6. The fourth-order valence-corrected chi connectivity index (χ4v) is 2.89. The molecule has 1 atom stereocenters. The molecule has 0 saturated carbocycles. The number of aromatic nitrogens is 4. The van der Waals surface area contributed by atoms with E-state index in [-0.39, 0.29) is 6.10 Å². The number of hydrogen-bond acceptors (Lipinski definition) is 7. The maximum atomic E-state index is 5.70. The van der Waals surface area contributed by atoms with Crippen LogP contribution in [0.4, 0.5) is 5.82 Å². The fraction of sp³-hybridized carbons (Fsp3) is 0.471. The minimum absolute atomic E-state index is 0.0323. The summed E-state index contributed by atoms with van der Waals surface area (Å²) in [7, 11) is 0. The van der Waals surface area contributed by atoms with Gasteiger partial charge in [-0.1, -0.05) is 5.16 Å². The number of anilines is 1. The zero-order chi connectivity index (χ0) is 17.4. The van der Waals surface area contributed by atoms with Crippen molar-refractivity contribution in [2.75, 3.05) is 31.7 Å². The van der Waals surface area contributed by atoms with E-state index in [1.807, 2.05) is 37.4 Å². The van der Waals surface area contributed by atoms with Crippen molar-refractivity contribution in [1.29, 1.82) is 0 Å². The Morgan fingerprint density at radius 2 is 2.08 bits per heavy atom. The molecule has 3 aromatic rings. The molecular formula is C17H21N5O3. The van der Waals surface area contributed by atoms with Crippen LogP contribution in [0.15, 0.2) is 16.7 Å². The normalized spacial score (nSPS) is 18.0. The van der Waals surface area contributed by atoms with Crippen LogP contribution in [0, 0.1) is 20.8 Å². The largest absolute Gasteiger partial charge is 0.376 e. The smallest absolute Gasteiger partial charge is 0.158 e. The van der Waals surface area contributed by atoms with E-state index >= 15 is 0 Å². The van der Waals surface area contributed by atoms with Gasteiger partial charge < -0.3 is 19.3 Å². The van der Waals surface area contributed by atoms with Crippen LogP contribution in [0.5, 0.6) is 0 Å². The first-order chi connectivity index (χ1) is 12.1. The Hall–Kier alpha value is -2.45. The molecular weight excluding hydrogens is 322 g/mol. The Labute approximate surface area is 145 Å². The molecule has 0 unspecified atom stereocenters. The van der Waals surface area contributed by atoms with Crippen molar-refractivity contribution < 1.29 is 14.0 Å². The molecule has 0 aromatic carbocycles. The summed E-state index contributed by atoms with van der Waals surface area (Å²) in [6, 6.07) is 3.77. The summed E-state index contributed by atoms with van der Waals surface area (Å²) >= 11 is 0. The van der Waals surface area contributed by atoms with Crippen LogP contribution in [0.2, 0.25) is 0 Å². The van der Waals surface area contributed by atoms with Gasteiger partial charge in [-0.3, -0.25) is 0 Å². The second-order valence-corrected chi connectivity index (χ2v) is 6.24. The van der Waals surface area contributed by atoms with Crippen molar-refractivity contribution in [2.24, 2.45) is 0 Å². The highest BCUT2D eigenvalue weighted by Gasteiger charge is 2.18. The van der Waals surface area contributed by atoms with Crippen molar-refractivity contribution in [3.05, 3.63) is 29.2 Å². The number of ether oxygens (including phenoxy) is 2. The Kier molecular flexibility index (Phi) is 4.14. The van der Waals surface area contributed by atoms with E-state index < -0.39 is 0 Å². The van der Waals surface area contributed by atoms with E-state index in [2.05, 4.69) is 20.6 Å². The van der Waals surface area contributed by atoms with Crippen LogP contribution in [-0.2, 0) is 9.47 Å². The molecule has 0 radical (unpaired) electrons. The maximum Gasteiger partial charge on any atom is 0.158 e. The Morgan fingerprint density at radius 3 is 2.80 bits per heavy atom. The van der Waals surface area contributed by atoms with Gasteiger partial charge in [0.25, 0.3) is 0 Å². The maximum absolute atomic E-state index is 5.70. The lowest BCUT2D eigenvalue weighted by molar-refractivity contribution is -0.0819. The zero-order valence-corrected chi connectivity index (χ0v) is 14.6. The highest BCUT2D eigenvalue weighted by Crippen LogP contribution is 2.24. The molecule has 1 N–H and O–H groups in total. The fourth-order valence-electron chi connectivity index (χ4n) is 2.89. The van der Waals surface area contributed by atoms with Gasteiger partial charge in [0, 0.05) is 29.9 Å². The predicted octanol–water partition coefficient (Wildman–Crippen LogP) is 2.14. The summed E-state index contributed by atoms with van der Waals surface area (Å²) in [4.78, 5) is 4.63. The number of hydrogen-bond donors (Lipinski definition) is 1. The second-order valence-electron chi connectivity index (χ2n) is 6.24. The second kappa shape index (κ2) is 6.45. The molecule has 1 saturated heterocycles. The van der Waals surface area contributed by atoms with E-state index in [1.165, 1.54) is 0 Å². The van der Waals surface area contributed by atoms with Gasteiger partial charge in [0.1, 0.15) is 23.0 Å². The summed E-state index contributed by atoms with van der Waals surface area (Å²) < 4.78 is 18.1. The molecule has 1 aliphatic heterocycles. The van der Waals surface area contributed by atoms with E-state index in [9.17, 15) is 0 Å². The van der Waals surface area contributed by atoms with Gasteiger partial charge in [-0.25, -0.2) is 4.98 Å². The first-order valence-corrected chi connectivity index (χ1v) is 8.35. The van der Waals surface area contributed by atoms with E-state index in [4.69, 9.17) is 14.0 Å². The lowest BCUT2D eigenvalue weighted by Gasteiger charge is -2.24. The van der Waals surface area contributed by atoms with Crippen molar-refractivity contribution in [3.63, 3.8) is 0 Å². The van der Waals surface area contributed by atoms with Crippen LogP contribution in [0.1, 0.15) is 17.0 Å². The third-order valence-electron chi connectivity index (χ3n) is 4.36. The van der Waals surface area contributed by atoms with Crippen LogP contribution < -0.4 is 5.32 Å². The van der Waals surface area contributed by atoms with Gasteiger partial charge in [-0.15, -0.1) is 0 Å². The molecule has 0 spiro atoms. The lowest BCUT2D eigenvalue weighted by atomic mass is 10.2. The Morgan fingerprint density at radius 1 is 1.20 bits per heavy atom. The van der Waals surface area contributed by atoms with E-state index in [1.54, 1.807) is 0 Å². The van der Waals surface area contributed by atoms with Crippen molar-refractivity contribution in [3.8, 4) is 11.4 Å². The van der Waals surface area contributed by atoms with E-state index in [0.29, 0.717) is 32.1 Å². The molecule has 25 heavy (non-hydrogen) atoms. The van der Waals surface area contributed by atoms with Gasteiger partial charge in [0.2, 0.25) is 0 Å². The molecule has 0 amide bonds. The lowest BCUT2D eigenvalue weighted by Crippen LogP contribution is -2.34. The number of rotatable bonds is 4. The van der Waals surface area contributed by atoms with Gasteiger partial charge in [0.15, 0.2) is 5.65 Å².